The van der Waals surface area contributed by atoms with Crippen LogP contribution < -0.4 is 14.4 Å². The Morgan fingerprint density at radius 1 is 0.977 bits per heavy atom. The third kappa shape index (κ3) is 8.48. The van der Waals surface area contributed by atoms with E-state index in [1.807, 2.05) is 6.92 Å². The molecule has 8 nitrogen and oxygen atoms in total. The van der Waals surface area contributed by atoms with Crippen LogP contribution in [0, 0.1) is 5.82 Å². The first-order chi connectivity index (χ1) is 20.6. The summed E-state index contributed by atoms with van der Waals surface area (Å²) < 4.78 is 48.0. The highest BCUT2D eigenvalue weighted by molar-refractivity contribution is 7.92. The number of benzene rings is 3. The van der Waals surface area contributed by atoms with Crippen molar-refractivity contribution in [1.82, 2.24) is 10.2 Å². The molecular weight excluding hydrogens is 593 g/mol. The van der Waals surface area contributed by atoms with Crippen LogP contribution in [0.4, 0.5) is 10.1 Å². The maximum atomic E-state index is 14.1. The largest absolute Gasteiger partial charge is 0.494 e. The van der Waals surface area contributed by atoms with Crippen LogP contribution in [-0.4, -0.2) is 50.4 Å². The first kappa shape index (κ1) is 32.3. The minimum Gasteiger partial charge on any atom is -0.494 e. The molecule has 0 aliphatic heterocycles. The zero-order valence-corrected chi connectivity index (χ0v) is 25.9. The molecule has 0 aromatic heterocycles. The van der Waals surface area contributed by atoms with Crippen molar-refractivity contribution in [3.63, 3.8) is 0 Å². The average Bonchev–Trinajstić information content (AvgIpc) is 3.00. The molecule has 4 rings (SSSR count). The maximum Gasteiger partial charge on any atom is 0.264 e. The Bertz CT molecular complexity index is 1480. The smallest absolute Gasteiger partial charge is 0.264 e. The zero-order valence-electron chi connectivity index (χ0n) is 24.3. The Kier molecular flexibility index (Phi) is 11.0. The lowest BCUT2D eigenvalue weighted by atomic mass is 9.95. The van der Waals surface area contributed by atoms with Crippen molar-refractivity contribution >= 4 is 39.1 Å². The summed E-state index contributed by atoms with van der Waals surface area (Å²) in [7, 11) is -4.24. The number of sulfonamides is 1. The van der Waals surface area contributed by atoms with Crippen LogP contribution in [0.1, 0.15) is 51.5 Å². The van der Waals surface area contributed by atoms with Gasteiger partial charge in [-0.25, -0.2) is 12.8 Å². The van der Waals surface area contributed by atoms with Gasteiger partial charge < -0.3 is 15.0 Å². The van der Waals surface area contributed by atoms with Gasteiger partial charge in [0.15, 0.2) is 0 Å². The van der Waals surface area contributed by atoms with Crippen molar-refractivity contribution in [3.05, 3.63) is 89.2 Å². The second kappa shape index (κ2) is 14.7. The summed E-state index contributed by atoms with van der Waals surface area (Å²) in [5, 5.41) is 3.43. The van der Waals surface area contributed by atoms with E-state index in [1.165, 1.54) is 53.4 Å². The van der Waals surface area contributed by atoms with Crippen LogP contribution >= 0.6 is 11.6 Å². The van der Waals surface area contributed by atoms with E-state index in [0.29, 0.717) is 22.9 Å². The average molecular weight is 630 g/mol. The van der Waals surface area contributed by atoms with Crippen molar-refractivity contribution in [2.75, 3.05) is 17.5 Å². The van der Waals surface area contributed by atoms with Crippen molar-refractivity contribution in [2.24, 2.45) is 0 Å². The molecule has 3 aromatic rings. The Labute approximate surface area is 257 Å². The van der Waals surface area contributed by atoms with E-state index in [0.717, 1.165) is 36.4 Å². The molecule has 0 heterocycles. The van der Waals surface area contributed by atoms with E-state index in [2.05, 4.69) is 5.32 Å². The molecule has 1 atom stereocenters. The van der Waals surface area contributed by atoms with Crippen molar-refractivity contribution in [1.29, 1.82) is 0 Å². The fourth-order valence-corrected chi connectivity index (χ4v) is 6.62. The molecule has 0 bridgehead atoms. The number of halogens is 2. The molecule has 1 N–H and O–H groups in total. The van der Waals surface area contributed by atoms with Crippen LogP contribution in [0.5, 0.6) is 5.75 Å². The van der Waals surface area contributed by atoms with Gasteiger partial charge in [0.1, 0.15) is 24.2 Å². The van der Waals surface area contributed by atoms with Crippen LogP contribution in [0.2, 0.25) is 5.02 Å². The lowest BCUT2D eigenvalue weighted by Crippen LogP contribution is -2.53. The second-order valence-corrected chi connectivity index (χ2v) is 12.9. The monoisotopic (exact) mass is 629 g/mol. The van der Waals surface area contributed by atoms with Gasteiger partial charge in [0.25, 0.3) is 10.0 Å². The molecule has 11 heteroatoms. The Morgan fingerprint density at radius 3 is 2.21 bits per heavy atom. The topological polar surface area (TPSA) is 96.0 Å². The molecule has 0 spiro atoms. The Balaban J connectivity index is 1.67. The summed E-state index contributed by atoms with van der Waals surface area (Å²) in [6.07, 6.45) is 4.92. The molecule has 3 aromatic carbocycles. The number of nitrogens with one attached hydrogen (secondary N) is 1. The summed E-state index contributed by atoms with van der Waals surface area (Å²) >= 11 is 6.01. The first-order valence-electron chi connectivity index (χ1n) is 14.4. The van der Waals surface area contributed by atoms with E-state index in [1.54, 1.807) is 31.2 Å². The van der Waals surface area contributed by atoms with E-state index in [9.17, 15) is 22.4 Å². The highest BCUT2D eigenvalue weighted by atomic mass is 35.5. The number of hydrogen-bond acceptors (Lipinski definition) is 5. The number of amides is 2. The minimum atomic E-state index is -4.24. The lowest BCUT2D eigenvalue weighted by Gasteiger charge is -2.33. The number of hydrogen-bond donors (Lipinski definition) is 1. The first-order valence-corrected chi connectivity index (χ1v) is 16.3. The van der Waals surface area contributed by atoms with Crippen molar-refractivity contribution < 1.29 is 27.1 Å². The van der Waals surface area contributed by atoms with Gasteiger partial charge in [-0.3, -0.25) is 13.9 Å². The quantitative estimate of drug-likeness (QED) is 0.268. The van der Waals surface area contributed by atoms with Crippen LogP contribution in [0.3, 0.4) is 0 Å². The minimum absolute atomic E-state index is 0.0174. The predicted octanol–water partition coefficient (Wildman–Crippen LogP) is 5.94. The van der Waals surface area contributed by atoms with Gasteiger partial charge in [0.2, 0.25) is 11.8 Å². The SMILES string of the molecule is CCOc1ccc(N(CC(=O)N(Cc2ccc(F)cc2)C(C)C(=O)NC2CCCCC2)S(=O)(=O)c2ccc(Cl)cc2)cc1. The lowest BCUT2D eigenvalue weighted by molar-refractivity contribution is -0.139. The Morgan fingerprint density at radius 2 is 1.60 bits per heavy atom. The summed E-state index contributed by atoms with van der Waals surface area (Å²) in [6.45, 7) is 3.29. The predicted molar refractivity (Wildman–Crippen MR) is 165 cm³/mol. The third-order valence-corrected chi connectivity index (χ3v) is 9.54. The highest BCUT2D eigenvalue weighted by Gasteiger charge is 2.33. The summed E-state index contributed by atoms with van der Waals surface area (Å²) in [5.74, 6) is -0.801. The molecule has 1 aliphatic rings. The molecular formula is C32H37ClFN3O5S. The highest BCUT2D eigenvalue weighted by Crippen LogP contribution is 2.27. The van der Waals surface area contributed by atoms with Gasteiger partial charge in [-0.1, -0.05) is 43.0 Å². The molecule has 1 fully saturated rings. The van der Waals surface area contributed by atoms with Crippen molar-refractivity contribution in [2.45, 2.75) is 69.5 Å². The molecule has 43 heavy (non-hydrogen) atoms. The van der Waals surface area contributed by atoms with E-state index < -0.39 is 34.3 Å². The van der Waals surface area contributed by atoms with Crippen LogP contribution in [0.25, 0.3) is 0 Å². The van der Waals surface area contributed by atoms with E-state index in [-0.39, 0.29) is 29.1 Å². The second-order valence-electron chi connectivity index (χ2n) is 10.6. The zero-order chi connectivity index (χ0) is 31.0. The summed E-state index contributed by atoms with van der Waals surface area (Å²) in [4.78, 5) is 28.7. The molecule has 1 aliphatic carbocycles. The van der Waals surface area contributed by atoms with Gasteiger partial charge >= 0.3 is 0 Å². The molecule has 0 radical (unpaired) electrons. The number of carbonyl (C=O) groups is 2. The van der Waals surface area contributed by atoms with Crippen molar-refractivity contribution in [3.8, 4) is 5.75 Å². The molecule has 1 saturated carbocycles. The number of carbonyl (C=O) groups excluding carboxylic acids is 2. The van der Waals surface area contributed by atoms with Gasteiger partial charge in [-0.05, 0) is 92.9 Å². The molecule has 1 unspecified atom stereocenters. The molecule has 2 amide bonds. The van der Waals surface area contributed by atoms with E-state index >= 15 is 0 Å². The number of anilines is 1. The molecule has 0 saturated heterocycles. The summed E-state index contributed by atoms with van der Waals surface area (Å²) in [5.41, 5.74) is 0.841. The fraction of sp³-hybridized carbons (Fsp3) is 0.375. The van der Waals surface area contributed by atoms with Crippen LogP contribution in [0.15, 0.2) is 77.7 Å². The summed E-state index contributed by atoms with van der Waals surface area (Å²) in [6, 6.07) is 16.8. The fourth-order valence-electron chi connectivity index (χ4n) is 5.08. The Hall–Kier alpha value is -3.63. The van der Waals surface area contributed by atoms with Gasteiger partial charge in [-0.15, -0.1) is 0 Å². The number of rotatable bonds is 12. The normalized spacial score (nSPS) is 14.5. The number of nitrogens with zero attached hydrogens (tertiary/aromatic N) is 2. The maximum absolute atomic E-state index is 14.1. The van der Waals surface area contributed by atoms with Crippen LogP contribution in [-0.2, 0) is 26.2 Å². The standard InChI is InChI=1S/C32H37ClFN3O5S/c1-3-42-29-17-15-28(16-18-29)37(43(40,41)30-19-11-25(33)12-20-30)22-31(38)36(21-24-9-13-26(34)14-10-24)23(2)32(39)35-27-7-5-4-6-8-27/h9-20,23,27H,3-8,21-22H2,1-2H3,(H,35,39). The van der Waals surface area contributed by atoms with E-state index in [4.69, 9.17) is 16.3 Å². The number of ether oxygens (including phenoxy) is 1. The van der Waals surface area contributed by atoms with Gasteiger partial charge in [0, 0.05) is 17.6 Å². The van der Waals surface area contributed by atoms with Gasteiger partial charge in [-0.2, -0.15) is 0 Å². The molecule has 230 valence electrons. The third-order valence-electron chi connectivity index (χ3n) is 7.50. The van der Waals surface area contributed by atoms with Gasteiger partial charge in [0.05, 0.1) is 17.2 Å².